The largest absolute Gasteiger partial charge is 0.748 e. The molecule has 2 aromatic rings. The van der Waals surface area contributed by atoms with Crippen LogP contribution in [-0.2, 0) is 28.8 Å². The van der Waals surface area contributed by atoms with Crippen LogP contribution in [0.5, 0.6) is 0 Å². The third-order valence-corrected chi connectivity index (χ3v) is 2.39. The molecular weight excluding hydrogens is 271 g/mol. The summed E-state index contributed by atoms with van der Waals surface area (Å²) in [6.45, 7) is 0. The van der Waals surface area contributed by atoms with Gasteiger partial charge >= 0.3 is 0 Å². The smallest absolute Gasteiger partial charge is 0.00233 e. The fourth-order valence-electron chi connectivity index (χ4n) is 1.01. The number of rotatable bonds is 2. The van der Waals surface area contributed by atoms with E-state index in [1.807, 2.05) is 48.5 Å². The van der Waals surface area contributed by atoms with Crippen LogP contribution in [-0.4, -0.2) is 0 Å². The van der Waals surface area contributed by atoms with Crippen molar-refractivity contribution in [1.82, 2.24) is 0 Å². The molecule has 2 rings (SSSR count). The molecule has 88 valence electrons. The molecule has 0 aromatic heterocycles. The summed E-state index contributed by atoms with van der Waals surface area (Å²) < 4.78 is 0. The Morgan fingerprint density at radius 2 is 1.47 bits per heavy atom. The summed E-state index contributed by atoms with van der Waals surface area (Å²) in [5.41, 5.74) is 2.39. The standard InChI is InChI=1S/2C6H6Cl.Fe/c2*7-5-6-3-1-2-4-6;/h2*1-4H,5H2;/q-5;-1;. The fourth-order valence-corrected chi connectivity index (χ4v) is 1.36. The van der Waals surface area contributed by atoms with E-state index < -0.39 is 0 Å². The minimum absolute atomic E-state index is 0. The van der Waals surface area contributed by atoms with Crippen molar-refractivity contribution in [2.24, 2.45) is 0 Å². The van der Waals surface area contributed by atoms with E-state index >= 15 is 0 Å². The Hall–Kier alpha value is -0.201. The van der Waals surface area contributed by atoms with Crippen molar-refractivity contribution in [3.63, 3.8) is 0 Å². The molecule has 0 fully saturated rings. The Labute approximate surface area is 111 Å². The number of alkyl halides is 2. The number of hydrogen-bond acceptors (Lipinski definition) is 0. The van der Waals surface area contributed by atoms with Crippen LogP contribution in [0.2, 0.25) is 0 Å². The van der Waals surface area contributed by atoms with Crippen LogP contribution < -0.4 is 0 Å². The Bertz CT molecular complexity index is 277. The third-order valence-electron chi connectivity index (χ3n) is 1.77. The van der Waals surface area contributed by atoms with E-state index in [4.69, 9.17) is 23.2 Å². The summed E-state index contributed by atoms with van der Waals surface area (Å²) in [6, 6.07) is 16.0. The average molecular weight is 283 g/mol. The molecule has 2 aromatic carbocycles. The molecule has 0 amide bonds. The molecule has 0 aliphatic heterocycles. The Morgan fingerprint density at radius 1 is 0.933 bits per heavy atom. The molecule has 0 saturated carbocycles. The van der Waals surface area contributed by atoms with Crippen LogP contribution in [0.4, 0.5) is 0 Å². The minimum atomic E-state index is 0. The number of halogens is 2. The van der Waals surface area contributed by atoms with Crippen LogP contribution in [0.1, 0.15) is 11.1 Å². The molecule has 0 N–H and O–H groups in total. The Balaban J connectivity index is 0.000000245. The molecule has 0 saturated heterocycles. The molecular formula is C12H12Cl2Fe-6. The van der Waals surface area contributed by atoms with Gasteiger partial charge in [-0.25, -0.2) is 12.1 Å². The first kappa shape index (κ1) is 14.8. The zero-order valence-electron chi connectivity index (χ0n) is 8.14. The maximum Gasteiger partial charge on any atom is 0.00233 e. The molecule has 0 atom stereocenters. The second-order valence-electron chi connectivity index (χ2n) is 2.85. The van der Waals surface area contributed by atoms with Crippen molar-refractivity contribution in [3.05, 3.63) is 59.7 Å². The summed E-state index contributed by atoms with van der Waals surface area (Å²) in [6.07, 6.45) is 0. The molecule has 0 bridgehead atoms. The summed E-state index contributed by atoms with van der Waals surface area (Å²) in [4.78, 5) is 0. The zero-order valence-corrected chi connectivity index (χ0v) is 10.8. The predicted molar refractivity (Wildman–Crippen MR) is 63.2 cm³/mol. The van der Waals surface area contributed by atoms with Gasteiger partial charge in [0.2, 0.25) is 0 Å². The van der Waals surface area contributed by atoms with Crippen LogP contribution in [0.15, 0.2) is 48.5 Å². The second kappa shape index (κ2) is 9.06. The summed E-state index contributed by atoms with van der Waals surface area (Å²) in [5, 5.41) is 0. The van der Waals surface area contributed by atoms with E-state index in [0.29, 0.717) is 11.8 Å². The molecule has 3 heteroatoms. The minimum Gasteiger partial charge on any atom is -0.748 e. The molecule has 0 aliphatic carbocycles. The average Bonchev–Trinajstić information content (AvgIpc) is 2.92. The van der Waals surface area contributed by atoms with Gasteiger partial charge in [0.05, 0.1) is 0 Å². The molecule has 0 aliphatic rings. The monoisotopic (exact) mass is 282 g/mol. The third kappa shape index (κ3) is 6.06. The van der Waals surface area contributed by atoms with Crippen molar-refractivity contribution in [3.8, 4) is 0 Å². The molecule has 0 radical (unpaired) electrons. The number of hydrogen-bond donors (Lipinski definition) is 0. The van der Waals surface area contributed by atoms with Gasteiger partial charge < -0.3 is 29.8 Å². The van der Waals surface area contributed by atoms with Crippen molar-refractivity contribution < 1.29 is 17.1 Å². The Kier molecular flexibility index (Phi) is 8.94. The maximum atomic E-state index is 5.47. The molecule has 15 heavy (non-hydrogen) atoms. The first-order chi connectivity index (χ1) is 6.86. The zero-order chi connectivity index (χ0) is 10.2. The Morgan fingerprint density at radius 3 is 1.73 bits per heavy atom. The van der Waals surface area contributed by atoms with Crippen molar-refractivity contribution in [2.45, 2.75) is 11.8 Å². The molecule has 0 unspecified atom stereocenters. The molecule has 0 spiro atoms. The van der Waals surface area contributed by atoms with E-state index in [1.54, 1.807) is 0 Å². The topological polar surface area (TPSA) is 0 Å². The van der Waals surface area contributed by atoms with Crippen molar-refractivity contribution in [1.29, 1.82) is 0 Å². The molecule has 0 nitrogen and oxygen atoms in total. The summed E-state index contributed by atoms with van der Waals surface area (Å²) >= 11 is 10.9. The van der Waals surface area contributed by atoms with Crippen LogP contribution in [0.25, 0.3) is 0 Å². The van der Waals surface area contributed by atoms with Gasteiger partial charge in [0.25, 0.3) is 0 Å². The van der Waals surface area contributed by atoms with Crippen molar-refractivity contribution in [2.75, 3.05) is 0 Å². The van der Waals surface area contributed by atoms with E-state index in [-0.39, 0.29) is 17.1 Å². The van der Waals surface area contributed by atoms with E-state index in [2.05, 4.69) is 0 Å². The van der Waals surface area contributed by atoms with Gasteiger partial charge in [-0.2, -0.15) is 23.7 Å². The summed E-state index contributed by atoms with van der Waals surface area (Å²) in [7, 11) is 0. The van der Waals surface area contributed by atoms with Crippen molar-refractivity contribution >= 4 is 23.2 Å². The first-order valence-electron chi connectivity index (χ1n) is 4.40. The van der Waals surface area contributed by atoms with Gasteiger partial charge in [0.15, 0.2) is 0 Å². The maximum absolute atomic E-state index is 5.47. The van der Waals surface area contributed by atoms with Gasteiger partial charge in [0.1, 0.15) is 0 Å². The second-order valence-corrected chi connectivity index (χ2v) is 3.39. The van der Waals surface area contributed by atoms with Gasteiger partial charge in [-0.1, -0.05) is 0 Å². The quantitative estimate of drug-likeness (QED) is 0.438. The van der Waals surface area contributed by atoms with E-state index in [9.17, 15) is 0 Å². The van der Waals surface area contributed by atoms with E-state index in [0.717, 1.165) is 0 Å². The first-order valence-corrected chi connectivity index (χ1v) is 5.47. The fraction of sp³-hybridized carbons (Fsp3) is 0.167. The normalized spacial score (nSPS) is 8.67. The van der Waals surface area contributed by atoms with Crippen LogP contribution >= 0.6 is 23.2 Å². The van der Waals surface area contributed by atoms with Crippen LogP contribution in [0.3, 0.4) is 0 Å². The van der Waals surface area contributed by atoms with Gasteiger partial charge in [-0.3, -0.25) is 0 Å². The van der Waals surface area contributed by atoms with Crippen LogP contribution in [0, 0.1) is 0 Å². The predicted octanol–water partition coefficient (Wildman–Crippen LogP) is 4.29. The summed E-state index contributed by atoms with van der Waals surface area (Å²) in [5.74, 6) is 1.26. The van der Waals surface area contributed by atoms with Gasteiger partial charge in [-0.15, -0.1) is 23.0 Å². The SMILES string of the molecule is ClC[c-]1[cH-][cH-][cH-][cH-]1.ClC[c-]1cccc1.[Fe]. The van der Waals surface area contributed by atoms with E-state index in [1.165, 1.54) is 11.1 Å². The van der Waals surface area contributed by atoms with Gasteiger partial charge in [-0.05, 0) is 0 Å². The molecule has 0 heterocycles. The van der Waals surface area contributed by atoms with Gasteiger partial charge in [0, 0.05) is 22.9 Å².